The molecule has 0 aliphatic carbocycles. The number of amides is 2. The summed E-state index contributed by atoms with van der Waals surface area (Å²) in [4.78, 5) is 18.7. The van der Waals surface area contributed by atoms with Crippen LogP contribution in [0.3, 0.4) is 0 Å². The van der Waals surface area contributed by atoms with Gasteiger partial charge in [0.15, 0.2) is 0 Å². The normalized spacial score (nSPS) is 17.2. The maximum Gasteiger partial charge on any atom is 0.317 e. The highest BCUT2D eigenvalue weighted by atomic mass is 16.2. The van der Waals surface area contributed by atoms with Gasteiger partial charge in [-0.25, -0.2) is 9.78 Å². The Morgan fingerprint density at radius 3 is 2.74 bits per heavy atom. The largest absolute Gasteiger partial charge is 0.334 e. The van der Waals surface area contributed by atoms with E-state index in [9.17, 15) is 4.79 Å². The fourth-order valence-electron chi connectivity index (χ4n) is 3.76. The fraction of sp³-hybridized carbons (Fsp3) is 0.364. The summed E-state index contributed by atoms with van der Waals surface area (Å²) in [6, 6.07) is 16.6. The summed E-state index contributed by atoms with van der Waals surface area (Å²) < 4.78 is 2.16. The first-order valence-corrected chi connectivity index (χ1v) is 9.69. The zero-order valence-corrected chi connectivity index (χ0v) is 15.8. The van der Waals surface area contributed by atoms with Crippen LogP contribution in [-0.4, -0.2) is 33.6 Å². The second-order valence-corrected chi connectivity index (χ2v) is 7.53. The number of carbonyl (C=O) groups is 1. The van der Waals surface area contributed by atoms with Gasteiger partial charge in [0.1, 0.15) is 0 Å². The predicted octanol–water partition coefficient (Wildman–Crippen LogP) is 4.03. The number of hydrogen-bond donors (Lipinski definition) is 1. The summed E-state index contributed by atoms with van der Waals surface area (Å²) in [5.41, 5.74) is 4.50. The van der Waals surface area contributed by atoms with Gasteiger partial charge in [0.2, 0.25) is 0 Å². The van der Waals surface area contributed by atoms with Crippen LogP contribution in [0.2, 0.25) is 0 Å². The highest BCUT2D eigenvalue weighted by Gasteiger charge is 2.20. The van der Waals surface area contributed by atoms with Crippen molar-refractivity contribution in [3.63, 3.8) is 0 Å². The van der Waals surface area contributed by atoms with E-state index in [-0.39, 0.29) is 6.03 Å². The minimum Gasteiger partial charge on any atom is -0.334 e. The second-order valence-electron chi connectivity index (χ2n) is 7.53. The third-order valence-corrected chi connectivity index (χ3v) is 5.29. The molecule has 1 aromatic heterocycles. The molecule has 5 heteroatoms. The van der Waals surface area contributed by atoms with E-state index in [2.05, 4.69) is 52.1 Å². The van der Waals surface area contributed by atoms with Gasteiger partial charge in [-0.05, 0) is 42.0 Å². The SMILES string of the molecule is CC1CCCN(C(=O)NCc2ccc(Cn3cnc4ccccc43)cc2)C1. The van der Waals surface area contributed by atoms with Crippen LogP contribution in [0, 0.1) is 5.92 Å². The number of likely N-dealkylation sites (tertiary alicyclic amines) is 1. The van der Waals surface area contributed by atoms with E-state index in [1.807, 2.05) is 29.4 Å². The Kier molecular flexibility index (Phi) is 5.10. The first-order valence-electron chi connectivity index (χ1n) is 9.69. The first kappa shape index (κ1) is 17.6. The quantitative estimate of drug-likeness (QED) is 0.762. The Bertz CT molecular complexity index is 915. The zero-order chi connectivity index (χ0) is 18.6. The molecule has 0 saturated carbocycles. The Morgan fingerprint density at radius 1 is 1.15 bits per heavy atom. The number of hydrogen-bond acceptors (Lipinski definition) is 2. The Balaban J connectivity index is 1.34. The standard InChI is InChI=1S/C22H26N4O/c1-17-5-4-12-25(14-17)22(27)23-13-18-8-10-19(11-9-18)15-26-16-24-20-6-2-3-7-21(20)26/h2-3,6-11,16-17H,4-5,12-15H2,1H3,(H,23,27). The Hall–Kier alpha value is -2.82. The zero-order valence-electron chi connectivity index (χ0n) is 15.8. The number of carbonyl (C=O) groups excluding carboxylic acids is 1. The minimum atomic E-state index is 0.0514. The third-order valence-electron chi connectivity index (χ3n) is 5.29. The molecule has 2 aromatic carbocycles. The van der Waals surface area contributed by atoms with Gasteiger partial charge in [-0.15, -0.1) is 0 Å². The molecule has 0 radical (unpaired) electrons. The van der Waals surface area contributed by atoms with E-state index in [0.717, 1.165) is 42.7 Å². The van der Waals surface area contributed by atoms with Crippen molar-refractivity contribution in [2.45, 2.75) is 32.9 Å². The highest BCUT2D eigenvalue weighted by Crippen LogP contribution is 2.16. The summed E-state index contributed by atoms with van der Waals surface area (Å²) in [7, 11) is 0. The van der Waals surface area contributed by atoms with Crippen LogP contribution in [0.5, 0.6) is 0 Å². The molecule has 27 heavy (non-hydrogen) atoms. The second kappa shape index (κ2) is 7.82. The molecule has 0 spiro atoms. The number of benzene rings is 2. The van der Waals surface area contributed by atoms with Crippen LogP contribution in [-0.2, 0) is 13.1 Å². The van der Waals surface area contributed by atoms with E-state index >= 15 is 0 Å². The molecule has 1 aliphatic rings. The van der Waals surface area contributed by atoms with Crippen molar-refractivity contribution in [3.8, 4) is 0 Å². The van der Waals surface area contributed by atoms with Crippen LogP contribution in [0.4, 0.5) is 4.79 Å². The number of aromatic nitrogens is 2. The molecule has 2 amide bonds. The van der Waals surface area contributed by atoms with Crippen molar-refractivity contribution in [2.75, 3.05) is 13.1 Å². The summed E-state index contributed by atoms with van der Waals surface area (Å²) in [5.74, 6) is 0.600. The molecule has 4 rings (SSSR count). The number of piperidine rings is 1. The van der Waals surface area contributed by atoms with Gasteiger partial charge in [-0.2, -0.15) is 0 Å². The molecule has 140 valence electrons. The lowest BCUT2D eigenvalue weighted by Gasteiger charge is -2.30. The maximum absolute atomic E-state index is 12.3. The number of nitrogens with one attached hydrogen (secondary N) is 1. The predicted molar refractivity (Wildman–Crippen MR) is 107 cm³/mol. The van der Waals surface area contributed by atoms with Crippen molar-refractivity contribution in [2.24, 2.45) is 5.92 Å². The monoisotopic (exact) mass is 362 g/mol. The maximum atomic E-state index is 12.3. The van der Waals surface area contributed by atoms with E-state index < -0.39 is 0 Å². The molecular weight excluding hydrogens is 336 g/mol. The van der Waals surface area contributed by atoms with Gasteiger partial charge in [-0.3, -0.25) is 0 Å². The van der Waals surface area contributed by atoms with E-state index in [1.165, 1.54) is 12.0 Å². The Morgan fingerprint density at radius 2 is 1.93 bits per heavy atom. The van der Waals surface area contributed by atoms with Crippen molar-refractivity contribution >= 4 is 17.1 Å². The molecule has 1 atom stereocenters. The number of para-hydroxylation sites is 2. The van der Waals surface area contributed by atoms with E-state index in [4.69, 9.17) is 0 Å². The molecular formula is C22H26N4O. The minimum absolute atomic E-state index is 0.0514. The van der Waals surface area contributed by atoms with Crippen LogP contribution in [0.1, 0.15) is 30.9 Å². The van der Waals surface area contributed by atoms with Crippen LogP contribution in [0.25, 0.3) is 11.0 Å². The first-order chi connectivity index (χ1) is 13.2. The number of imidazole rings is 1. The summed E-state index contributed by atoms with van der Waals surface area (Å²) in [5, 5.41) is 3.05. The van der Waals surface area contributed by atoms with Crippen LogP contribution in [0.15, 0.2) is 54.9 Å². The average molecular weight is 362 g/mol. The van der Waals surface area contributed by atoms with Gasteiger partial charge >= 0.3 is 6.03 Å². The number of fused-ring (bicyclic) bond motifs is 1. The molecule has 1 fully saturated rings. The third kappa shape index (κ3) is 4.13. The molecule has 3 aromatic rings. The lowest BCUT2D eigenvalue weighted by atomic mass is 10.0. The topological polar surface area (TPSA) is 50.2 Å². The number of nitrogens with zero attached hydrogens (tertiary/aromatic N) is 3. The van der Waals surface area contributed by atoms with Gasteiger partial charge in [0.25, 0.3) is 0 Å². The lowest BCUT2D eigenvalue weighted by Crippen LogP contribution is -2.44. The van der Waals surface area contributed by atoms with Crippen molar-refractivity contribution in [1.82, 2.24) is 19.8 Å². The van der Waals surface area contributed by atoms with Gasteiger partial charge < -0.3 is 14.8 Å². The summed E-state index contributed by atoms with van der Waals surface area (Å²) in [6.07, 6.45) is 4.21. The molecule has 1 saturated heterocycles. The lowest BCUT2D eigenvalue weighted by molar-refractivity contribution is 0.169. The molecule has 1 aliphatic heterocycles. The highest BCUT2D eigenvalue weighted by molar-refractivity contribution is 5.75. The summed E-state index contributed by atoms with van der Waals surface area (Å²) in [6.45, 7) is 5.30. The van der Waals surface area contributed by atoms with E-state index in [0.29, 0.717) is 12.5 Å². The summed E-state index contributed by atoms with van der Waals surface area (Å²) >= 11 is 0. The molecule has 1 N–H and O–H groups in total. The molecule has 5 nitrogen and oxygen atoms in total. The van der Waals surface area contributed by atoms with Crippen LogP contribution < -0.4 is 5.32 Å². The number of rotatable bonds is 4. The van der Waals surface area contributed by atoms with Gasteiger partial charge in [-0.1, -0.05) is 43.3 Å². The van der Waals surface area contributed by atoms with Crippen LogP contribution >= 0.6 is 0 Å². The smallest absolute Gasteiger partial charge is 0.317 e. The fourth-order valence-corrected chi connectivity index (χ4v) is 3.76. The van der Waals surface area contributed by atoms with E-state index in [1.54, 1.807) is 0 Å². The molecule has 0 bridgehead atoms. The van der Waals surface area contributed by atoms with Gasteiger partial charge in [0, 0.05) is 26.2 Å². The van der Waals surface area contributed by atoms with Crippen molar-refractivity contribution < 1.29 is 4.79 Å². The van der Waals surface area contributed by atoms with Crippen molar-refractivity contribution in [1.29, 1.82) is 0 Å². The average Bonchev–Trinajstić information content (AvgIpc) is 3.10. The number of urea groups is 1. The van der Waals surface area contributed by atoms with Gasteiger partial charge in [0.05, 0.1) is 17.4 Å². The van der Waals surface area contributed by atoms with Crippen molar-refractivity contribution in [3.05, 3.63) is 66.0 Å². The molecule has 1 unspecified atom stereocenters. The molecule has 2 heterocycles. The Labute approximate surface area is 160 Å².